The van der Waals surface area contributed by atoms with Gasteiger partial charge in [-0.05, 0) is 50.1 Å². The van der Waals surface area contributed by atoms with Crippen LogP contribution in [0.15, 0.2) is 36.4 Å². The van der Waals surface area contributed by atoms with Gasteiger partial charge in [-0.15, -0.1) is 0 Å². The standard InChI is InChI=1S/C19H18N4O5/c1-10-18(24)22-15-9-13(5-7-17(15)28-10)21-19(25)11-2-6-14(20-12-3-4-12)16(8-11)23(26)27/h2,5-10,12,20H,3-4H2,1H3,(H,21,25)(H,22,24). The van der Waals surface area contributed by atoms with Crippen molar-refractivity contribution >= 4 is 34.6 Å². The number of nitrogens with one attached hydrogen (secondary N) is 3. The van der Waals surface area contributed by atoms with Gasteiger partial charge in [0.15, 0.2) is 6.10 Å². The van der Waals surface area contributed by atoms with Crippen LogP contribution < -0.4 is 20.7 Å². The normalized spacial score (nSPS) is 17.8. The minimum Gasteiger partial charge on any atom is -0.479 e. The summed E-state index contributed by atoms with van der Waals surface area (Å²) in [5.41, 5.74) is 1.33. The quantitative estimate of drug-likeness (QED) is 0.539. The van der Waals surface area contributed by atoms with E-state index in [0.29, 0.717) is 22.8 Å². The van der Waals surface area contributed by atoms with Crippen molar-refractivity contribution in [2.75, 3.05) is 16.0 Å². The largest absolute Gasteiger partial charge is 0.479 e. The molecule has 4 rings (SSSR count). The highest BCUT2D eigenvalue weighted by Gasteiger charge is 2.26. The minimum absolute atomic E-state index is 0.139. The number of fused-ring (bicyclic) bond motifs is 1. The Hall–Kier alpha value is -3.62. The van der Waals surface area contributed by atoms with Crippen LogP contribution in [0.3, 0.4) is 0 Å². The van der Waals surface area contributed by atoms with Gasteiger partial charge in [0.05, 0.1) is 10.6 Å². The first-order valence-corrected chi connectivity index (χ1v) is 8.88. The molecule has 1 fully saturated rings. The van der Waals surface area contributed by atoms with Crippen molar-refractivity contribution in [2.24, 2.45) is 0 Å². The third-order valence-corrected chi connectivity index (χ3v) is 4.56. The molecule has 28 heavy (non-hydrogen) atoms. The van der Waals surface area contributed by atoms with Gasteiger partial charge < -0.3 is 20.7 Å². The SMILES string of the molecule is CC1Oc2ccc(NC(=O)c3ccc(NC4CC4)c([N+](=O)[O-])c3)cc2NC1=O. The third-order valence-electron chi connectivity index (χ3n) is 4.56. The van der Waals surface area contributed by atoms with E-state index in [4.69, 9.17) is 4.74 Å². The van der Waals surface area contributed by atoms with Crippen LogP contribution in [-0.4, -0.2) is 28.9 Å². The molecular weight excluding hydrogens is 364 g/mol. The van der Waals surface area contributed by atoms with E-state index in [9.17, 15) is 19.7 Å². The predicted octanol–water partition coefficient (Wildman–Crippen LogP) is 3.14. The molecule has 0 radical (unpaired) electrons. The van der Waals surface area contributed by atoms with E-state index in [2.05, 4.69) is 16.0 Å². The Bertz CT molecular complexity index is 986. The molecule has 0 aromatic heterocycles. The fraction of sp³-hybridized carbons (Fsp3) is 0.263. The smallest absolute Gasteiger partial charge is 0.293 e. The second-order valence-corrected chi connectivity index (χ2v) is 6.82. The number of carbonyl (C=O) groups excluding carboxylic acids is 2. The van der Waals surface area contributed by atoms with Crippen LogP contribution in [0.25, 0.3) is 0 Å². The summed E-state index contributed by atoms with van der Waals surface area (Å²) in [5.74, 6) is -0.251. The number of nitro benzene ring substituents is 1. The number of carbonyl (C=O) groups is 2. The number of ether oxygens (including phenoxy) is 1. The van der Waals surface area contributed by atoms with Crippen molar-refractivity contribution in [1.29, 1.82) is 0 Å². The number of anilines is 3. The van der Waals surface area contributed by atoms with E-state index < -0.39 is 16.9 Å². The van der Waals surface area contributed by atoms with Crippen LogP contribution in [0, 0.1) is 10.1 Å². The molecule has 1 heterocycles. The van der Waals surface area contributed by atoms with E-state index in [1.165, 1.54) is 12.1 Å². The van der Waals surface area contributed by atoms with Gasteiger partial charge in [0.25, 0.3) is 17.5 Å². The Balaban J connectivity index is 1.53. The second kappa shape index (κ2) is 6.84. The lowest BCUT2D eigenvalue weighted by Crippen LogP contribution is -2.34. The summed E-state index contributed by atoms with van der Waals surface area (Å²) in [6, 6.07) is 9.46. The van der Waals surface area contributed by atoms with Crippen molar-refractivity contribution in [1.82, 2.24) is 0 Å². The van der Waals surface area contributed by atoms with E-state index in [-0.39, 0.29) is 23.2 Å². The molecule has 2 aromatic rings. The molecule has 2 aromatic carbocycles. The molecule has 0 bridgehead atoms. The molecule has 9 heteroatoms. The number of benzene rings is 2. The van der Waals surface area contributed by atoms with Crippen LogP contribution in [0.5, 0.6) is 5.75 Å². The maximum Gasteiger partial charge on any atom is 0.293 e. The van der Waals surface area contributed by atoms with Crippen LogP contribution in [0.4, 0.5) is 22.7 Å². The average Bonchev–Trinajstić information content (AvgIpc) is 3.47. The van der Waals surface area contributed by atoms with Crippen molar-refractivity contribution in [3.05, 3.63) is 52.1 Å². The minimum atomic E-state index is -0.587. The fourth-order valence-corrected chi connectivity index (χ4v) is 2.88. The molecule has 1 atom stereocenters. The van der Waals surface area contributed by atoms with Gasteiger partial charge in [-0.1, -0.05) is 0 Å². The zero-order valence-corrected chi connectivity index (χ0v) is 15.0. The summed E-state index contributed by atoms with van der Waals surface area (Å²) in [6.45, 7) is 1.64. The topological polar surface area (TPSA) is 123 Å². The molecule has 3 N–H and O–H groups in total. The van der Waals surface area contributed by atoms with Gasteiger partial charge in [-0.25, -0.2) is 0 Å². The second-order valence-electron chi connectivity index (χ2n) is 6.82. The predicted molar refractivity (Wildman–Crippen MR) is 103 cm³/mol. The molecule has 144 valence electrons. The van der Waals surface area contributed by atoms with Crippen LogP contribution in [0.1, 0.15) is 30.1 Å². The lowest BCUT2D eigenvalue weighted by Gasteiger charge is -2.23. The number of hydrogen-bond donors (Lipinski definition) is 3. The van der Waals surface area contributed by atoms with Gasteiger partial charge in [0.1, 0.15) is 11.4 Å². The summed E-state index contributed by atoms with van der Waals surface area (Å²) in [6.07, 6.45) is 1.38. The number of nitro groups is 1. The summed E-state index contributed by atoms with van der Waals surface area (Å²) in [4.78, 5) is 35.1. The first-order valence-electron chi connectivity index (χ1n) is 8.88. The molecule has 2 amide bonds. The van der Waals surface area contributed by atoms with Crippen LogP contribution in [0.2, 0.25) is 0 Å². The molecule has 0 spiro atoms. The van der Waals surface area contributed by atoms with Gasteiger partial charge in [0, 0.05) is 23.4 Å². The number of rotatable bonds is 5. The Morgan fingerprint density at radius 2 is 2.04 bits per heavy atom. The maximum atomic E-state index is 12.5. The first kappa shape index (κ1) is 17.8. The molecule has 9 nitrogen and oxygen atoms in total. The molecule has 1 aliphatic carbocycles. The van der Waals surface area contributed by atoms with Crippen LogP contribution in [-0.2, 0) is 4.79 Å². The van der Waals surface area contributed by atoms with E-state index in [1.54, 1.807) is 31.2 Å². The molecule has 0 saturated heterocycles. The third kappa shape index (κ3) is 3.59. The zero-order chi connectivity index (χ0) is 19.8. The highest BCUT2D eigenvalue weighted by Crippen LogP contribution is 2.33. The van der Waals surface area contributed by atoms with E-state index >= 15 is 0 Å². The zero-order valence-electron chi connectivity index (χ0n) is 15.0. The highest BCUT2D eigenvalue weighted by molar-refractivity contribution is 6.06. The Morgan fingerprint density at radius 1 is 1.25 bits per heavy atom. The summed E-state index contributed by atoms with van der Waals surface area (Å²) in [7, 11) is 0. The van der Waals surface area contributed by atoms with E-state index in [0.717, 1.165) is 12.8 Å². The van der Waals surface area contributed by atoms with Crippen molar-refractivity contribution in [3.63, 3.8) is 0 Å². The number of hydrogen-bond acceptors (Lipinski definition) is 6. The molecule has 2 aliphatic rings. The fourth-order valence-electron chi connectivity index (χ4n) is 2.88. The summed E-state index contributed by atoms with van der Waals surface area (Å²) < 4.78 is 5.47. The van der Waals surface area contributed by atoms with Crippen molar-refractivity contribution in [3.8, 4) is 5.75 Å². The monoisotopic (exact) mass is 382 g/mol. The lowest BCUT2D eigenvalue weighted by atomic mass is 10.1. The summed E-state index contributed by atoms with van der Waals surface area (Å²) >= 11 is 0. The molecule has 1 aliphatic heterocycles. The lowest BCUT2D eigenvalue weighted by molar-refractivity contribution is -0.384. The van der Waals surface area contributed by atoms with Gasteiger partial charge in [-0.2, -0.15) is 0 Å². The maximum absolute atomic E-state index is 12.5. The van der Waals surface area contributed by atoms with Crippen molar-refractivity contribution in [2.45, 2.75) is 31.9 Å². The van der Waals surface area contributed by atoms with Gasteiger partial charge in [-0.3, -0.25) is 19.7 Å². The first-order chi connectivity index (χ1) is 13.4. The molecular formula is C19H18N4O5. The van der Waals surface area contributed by atoms with E-state index in [1.807, 2.05) is 0 Å². The van der Waals surface area contributed by atoms with Gasteiger partial charge in [0.2, 0.25) is 0 Å². The number of nitrogens with zero attached hydrogens (tertiary/aromatic N) is 1. The Kier molecular flexibility index (Phi) is 4.34. The van der Waals surface area contributed by atoms with Gasteiger partial charge >= 0.3 is 0 Å². The number of amides is 2. The summed E-state index contributed by atoms with van der Waals surface area (Å²) in [5, 5.41) is 19.8. The molecule has 1 saturated carbocycles. The van der Waals surface area contributed by atoms with Crippen LogP contribution >= 0.6 is 0 Å². The average molecular weight is 382 g/mol. The van der Waals surface area contributed by atoms with Crippen molar-refractivity contribution < 1.29 is 19.2 Å². The Labute approximate surface area is 160 Å². The molecule has 1 unspecified atom stereocenters. The highest BCUT2D eigenvalue weighted by atomic mass is 16.6. The Morgan fingerprint density at radius 3 is 2.75 bits per heavy atom.